The fourth-order valence-electron chi connectivity index (χ4n) is 3.97. The number of halogens is 1. The van der Waals surface area contributed by atoms with E-state index >= 15 is 0 Å². The van der Waals surface area contributed by atoms with Gasteiger partial charge in [0.05, 0.1) is 26.1 Å². The highest BCUT2D eigenvalue weighted by Gasteiger charge is 2.57. The van der Waals surface area contributed by atoms with Crippen LogP contribution in [0.1, 0.15) is 44.2 Å². The number of rotatable bonds is 14. The van der Waals surface area contributed by atoms with Crippen LogP contribution in [0.15, 0.2) is 54.6 Å². The molecule has 7 nitrogen and oxygen atoms in total. The number of carbonyl (C=O) groups is 1. The zero-order valence-electron chi connectivity index (χ0n) is 20.0. The molecule has 0 aromatic heterocycles. The molecule has 0 aliphatic carbocycles. The summed E-state index contributed by atoms with van der Waals surface area (Å²) < 4.78 is 41.4. The van der Waals surface area contributed by atoms with Gasteiger partial charge in [0.2, 0.25) is 0 Å². The van der Waals surface area contributed by atoms with Gasteiger partial charge in [-0.15, -0.1) is 11.6 Å². The fourth-order valence-corrected chi connectivity index (χ4v) is 5.35. The number of aliphatic carboxylic acids is 1. The van der Waals surface area contributed by atoms with Crippen LogP contribution in [0.2, 0.25) is 0 Å². The molecule has 2 aromatic rings. The maximum absolute atomic E-state index is 12.9. The fraction of sp³-hybridized carbons (Fsp3) is 0.480. The van der Waals surface area contributed by atoms with E-state index in [2.05, 4.69) is 0 Å². The Bertz CT molecular complexity index is 1020. The summed E-state index contributed by atoms with van der Waals surface area (Å²) in [5.41, 5.74) is -1.55. The standard InChI is InChI=1S/C25H33ClO7S/c1-19(21-9-6-5-7-10-21)25(23(27)28,32-17-20-11-13-22(31-4)14-12-20)24(2,3)18-33-34(29,30)16-8-15-26/h5-7,9-14,19H,8,15-18H2,1-4H3,(H,27,28)/t19-,25+/m1/s1. The third-order valence-electron chi connectivity index (χ3n) is 5.99. The lowest BCUT2D eigenvalue weighted by molar-refractivity contribution is -0.198. The van der Waals surface area contributed by atoms with E-state index in [0.717, 1.165) is 11.1 Å². The zero-order chi connectivity index (χ0) is 25.4. The zero-order valence-corrected chi connectivity index (χ0v) is 21.6. The number of carboxylic acids is 1. The van der Waals surface area contributed by atoms with E-state index < -0.39 is 33.0 Å². The molecule has 0 heterocycles. The summed E-state index contributed by atoms with van der Waals surface area (Å²) in [6.45, 7) is 4.68. The van der Waals surface area contributed by atoms with E-state index in [1.807, 2.05) is 30.3 Å². The SMILES string of the molecule is COc1ccc(CO[C@](C(=O)O)([C@H](C)c2ccccc2)C(C)(C)COS(=O)(=O)CCCCl)cc1. The van der Waals surface area contributed by atoms with Crippen LogP contribution < -0.4 is 4.74 Å². The van der Waals surface area contributed by atoms with Crippen molar-refractivity contribution < 1.29 is 32.0 Å². The van der Waals surface area contributed by atoms with E-state index in [0.29, 0.717) is 5.75 Å². The minimum absolute atomic E-state index is 0.00407. The largest absolute Gasteiger partial charge is 0.497 e. The third-order valence-corrected chi connectivity index (χ3v) is 7.52. The van der Waals surface area contributed by atoms with Crippen molar-refractivity contribution in [3.8, 4) is 5.75 Å². The Kier molecular flexibility index (Phi) is 9.94. The maximum atomic E-state index is 12.9. The molecule has 9 heteroatoms. The first-order valence-electron chi connectivity index (χ1n) is 11.0. The summed E-state index contributed by atoms with van der Waals surface area (Å²) in [4.78, 5) is 12.9. The molecule has 2 rings (SSSR count). The van der Waals surface area contributed by atoms with Crippen molar-refractivity contribution in [3.63, 3.8) is 0 Å². The Morgan fingerprint density at radius 1 is 1.09 bits per heavy atom. The monoisotopic (exact) mass is 512 g/mol. The van der Waals surface area contributed by atoms with Crippen LogP contribution in [0.3, 0.4) is 0 Å². The summed E-state index contributed by atoms with van der Waals surface area (Å²) in [5, 5.41) is 10.6. The number of methoxy groups -OCH3 is 1. The molecule has 188 valence electrons. The molecule has 0 radical (unpaired) electrons. The van der Waals surface area contributed by atoms with Gasteiger partial charge in [0, 0.05) is 17.2 Å². The summed E-state index contributed by atoms with van der Waals surface area (Å²) in [5.74, 6) is -1.23. The van der Waals surface area contributed by atoms with E-state index in [1.165, 1.54) is 0 Å². The predicted octanol–water partition coefficient (Wildman–Crippen LogP) is 4.84. The highest BCUT2D eigenvalue weighted by molar-refractivity contribution is 7.86. The van der Waals surface area contributed by atoms with Gasteiger partial charge in [-0.05, 0) is 29.7 Å². The van der Waals surface area contributed by atoms with E-state index in [-0.39, 0.29) is 31.3 Å². The van der Waals surface area contributed by atoms with Gasteiger partial charge in [0.1, 0.15) is 5.75 Å². The summed E-state index contributed by atoms with van der Waals surface area (Å²) >= 11 is 5.61. The van der Waals surface area contributed by atoms with Gasteiger partial charge in [0.15, 0.2) is 5.60 Å². The Hall–Kier alpha value is -2.13. The van der Waals surface area contributed by atoms with Gasteiger partial charge in [-0.3, -0.25) is 4.18 Å². The van der Waals surface area contributed by atoms with Crippen LogP contribution in [0.25, 0.3) is 0 Å². The molecule has 0 saturated carbocycles. The summed E-state index contributed by atoms with van der Waals surface area (Å²) in [6.07, 6.45) is 0.239. The van der Waals surface area contributed by atoms with Gasteiger partial charge >= 0.3 is 5.97 Å². The second-order valence-corrected chi connectivity index (χ2v) is 10.9. The van der Waals surface area contributed by atoms with Gasteiger partial charge in [-0.2, -0.15) is 8.42 Å². The van der Waals surface area contributed by atoms with E-state index in [1.54, 1.807) is 52.1 Å². The van der Waals surface area contributed by atoms with Crippen LogP contribution in [-0.2, 0) is 30.4 Å². The molecule has 0 saturated heterocycles. The number of hydrogen-bond acceptors (Lipinski definition) is 6. The minimum Gasteiger partial charge on any atom is -0.497 e. The second-order valence-electron chi connectivity index (χ2n) is 8.76. The summed E-state index contributed by atoms with van der Waals surface area (Å²) in [6, 6.07) is 16.2. The van der Waals surface area contributed by atoms with Crippen molar-refractivity contribution in [3.05, 3.63) is 65.7 Å². The Balaban J connectivity index is 2.45. The van der Waals surface area contributed by atoms with Gasteiger partial charge in [-0.1, -0.05) is 63.2 Å². The first-order chi connectivity index (χ1) is 16.0. The van der Waals surface area contributed by atoms with E-state index in [9.17, 15) is 18.3 Å². The average Bonchev–Trinajstić information content (AvgIpc) is 2.82. The van der Waals surface area contributed by atoms with Gasteiger partial charge in [0.25, 0.3) is 10.1 Å². The minimum atomic E-state index is -3.87. The lowest BCUT2D eigenvalue weighted by Gasteiger charge is -2.46. The van der Waals surface area contributed by atoms with Crippen LogP contribution in [0.5, 0.6) is 5.75 Å². The third kappa shape index (κ3) is 6.72. The second kappa shape index (κ2) is 12.0. The lowest BCUT2D eigenvalue weighted by atomic mass is 9.66. The van der Waals surface area contributed by atoms with Crippen molar-refractivity contribution in [2.24, 2.45) is 5.41 Å². The van der Waals surface area contributed by atoms with Crippen LogP contribution in [0.4, 0.5) is 0 Å². The molecular formula is C25H33ClO7S. The average molecular weight is 513 g/mol. The molecular weight excluding hydrogens is 480 g/mol. The molecule has 0 spiro atoms. The Morgan fingerprint density at radius 2 is 1.71 bits per heavy atom. The lowest BCUT2D eigenvalue weighted by Crippen LogP contribution is -2.59. The molecule has 2 atom stereocenters. The molecule has 34 heavy (non-hydrogen) atoms. The van der Waals surface area contributed by atoms with Crippen molar-refractivity contribution in [1.29, 1.82) is 0 Å². The number of alkyl halides is 1. The quantitative estimate of drug-likeness (QED) is 0.285. The highest BCUT2D eigenvalue weighted by Crippen LogP contribution is 2.46. The van der Waals surface area contributed by atoms with Crippen molar-refractivity contribution in [2.75, 3.05) is 25.3 Å². The normalized spacial score (nSPS) is 14.9. The molecule has 0 unspecified atom stereocenters. The number of benzene rings is 2. The predicted molar refractivity (Wildman–Crippen MR) is 132 cm³/mol. The van der Waals surface area contributed by atoms with Crippen LogP contribution >= 0.6 is 11.6 Å². The first kappa shape index (κ1) is 28.1. The maximum Gasteiger partial charge on any atom is 0.337 e. The van der Waals surface area contributed by atoms with Gasteiger partial charge in [-0.25, -0.2) is 4.79 Å². The van der Waals surface area contributed by atoms with Crippen molar-refractivity contribution >= 4 is 27.7 Å². The van der Waals surface area contributed by atoms with Gasteiger partial charge < -0.3 is 14.6 Å². The molecule has 1 N–H and O–H groups in total. The van der Waals surface area contributed by atoms with Crippen molar-refractivity contribution in [2.45, 2.75) is 45.3 Å². The number of hydrogen-bond donors (Lipinski definition) is 1. The van der Waals surface area contributed by atoms with Crippen LogP contribution in [0, 0.1) is 5.41 Å². The highest BCUT2D eigenvalue weighted by atomic mass is 35.5. The molecule has 0 amide bonds. The topological polar surface area (TPSA) is 99.1 Å². The van der Waals surface area contributed by atoms with E-state index in [4.69, 9.17) is 25.3 Å². The molecule has 0 bridgehead atoms. The summed E-state index contributed by atoms with van der Waals surface area (Å²) in [7, 11) is -2.31. The first-order valence-corrected chi connectivity index (χ1v) is 13.1. The smallest absolute Gasteiger partial charge is 0.337 e. The van der Waals surface area contributed by atoms with Crippen LogP contribution in [-0.4, -0.2) is 50.4 Å². The number of ether oxygens (including phenoxy) is 2. The molecule has 0 aliphatic heterocycles. The molecule has 0 fully saturated rings. The number of carboxylic acid groups (broad SMARTS) is 1. The van der Waals surface area contributed by atoms with Crippen molar-refractivity contribution in [1.82, 2.24) is 0 Å². The Labute approximate surface area is 207 Å². The Morgan fingerprint density at radius 3 is 2.24 bits per heavy atom. The molecule has 0 aliphatic rings. The molecule has 2 aromatic carbocycles.